The summed E-state index contributed by atoms with van der Waals surface area (Å²) in [6, 6.07) is 34.6. The van der Waals surface area contributed by atoms with Gasteiger partial charge < -0.3 is 105 Å². The van der Waals surface area contributed by atoms with Gasteiger partial charge in [0, 0.05) is 24.8 Å². The molecule has 0 radical (unpaired) electrons. The van der Waals surface area contributed by atoms with E-state index in [-0.39, 0.29) is 71.9 Å². The van der Waals surface area contributed by atoms with Crippen LogP contribution in [-0.4, -0.2) is 19.9 Å². The van der Waals surface area contributed by atoms with Crippen molar-refractivity contribution in [2.24, 2.45) is 0 Å². The summed E-state index contributed by atoms with van der Waals surface area (Å²) in [5.74, 6) is 0. The molecule has 0 aliphatic heterocycles. The largest absolute Gasteiger partial charge is 2.00 e. The monoisotopic (exact) mass is 1490 g/mol. The van der Waals surface area contributed by atoms with Gasteiger partial charge in [-0.15, -0.1) is 16.8 Å². The van der Waals surface area contributed by atoms with Gasteiger partial charge in [0.1, 0.15) is 32.4 Å². The minimum atomic E-state index is -0.440. The van der Waals surface area contributed by atoms with E-state index in [1.54, 1.807) is 0 Å². The van der Waals surface area contributed by atoms with Crippen LogP contribution in [0.3, 0.4) is 0 Å². The Morgan fingerprint density at radius 2 is 0.568 bits per heavy atom. The van der Waals surface area contributed by atoms with E-state index < -0.39 is 11.1 Å². The molecule has 10 nitrogen and oxygen atoms in total. The maximum Gasteiger partial charge on any atom is 2.00 e. The van der Waals surface area contributed by atoms with Crippen molar-refractivity contribution in [3.63, 3.8) is 0 Å². The number of allylic oxidation sites excluding steroid dienone is 2. The molecule has 0 amide bonds. The van der Waals surface area contributed by atoms with Crippen molar-refractivity contribution < 1.29 is 42.1 Å². The molecule has 1 aromatic carbocycles. The van der Waals surface area contributed by atoms with Gasteiger partial charge in [-0.05, 0) is 92.4 Å². The number of aromatic nitrogens is 4. The van der Waals surface area contributed by atoms with Crippen LogP contribution in [0, 0.1) is 45.3 Å². The van der Waals surface area contributed by atoms with Crippen LogP contribution < -0.4 is 8.11 Å². The Morgan fingerprint density at radius 1 is 0.392 bits per heavy atom. The smallest absolute Gasteiger partial charge is 0.429 e. The molecule has 7 aromatic rings. The molecule has 0 fully saturated rings. The van der Waals surface area contributed by atoms with E-state index in [0.717, 1.165) is 68.1 Å². The zero-order valence-electron chi connectivity index (χ0n) is 42.7. The van der Waals surface area contributed by atoms with Crippen LogP contribution >= 0.6 is 45.3 Å². The van der Waals surface area contributed by atoms with Crippen molar-refractivity contribution in [2.45, 2.75) is 122 Å². The van der Waals surface area contributed by atoms with Crippen molar-refractivity contribution in [2.75, 3.05) is 0 Å². The fourth-order valence-electron chi connectivity index (χ4n) is 5.32. The molecule has 0 saturated carbocycles. The van der Waals surface area contributed by atoms with E-state index in [1.165, 1.54) is 46.5 Å². The van der Waals surface area contributed by atoms with E-state index in [4.69, 9.17) is 71.6 Å². The summed E-state index contributed by atoms with van der Waals surface area (Å²) < 4.78 is 2.20. The van der Waals surface area contributed by atoms with Gasteiger partial charge in [0.05, 0.1) is 22.8 Å². The maximum atomic E-state index is 10.4. The Hall–Kier alpha value is -4.52. The molecule has 0 bridgehead atoms. The van der Waals surface area contributed by atoms with Crippen LogP contribution in [0.25, 0.3) is 22.8 Å². The van der Waals surface area contributed by atoms with Gasteiger partial charge >= 0.3 is 42.1 Å². The molecule has 6 heterocycles. The SMILES string of the molecule is CC(C)(C)c1ccnc(-c2cc(C(C)(C)C)ccn2)c1.CC(C)(C)c1ccnc(-c2cc(C(C)(C)C)ccn2)c1.N#CC(C#N)=C(C#N)C#N.O=c1sc([S-])c([S-])s1.O=c1sc([S-])c([S-])s1.[Pt+2].[Pt+2].c1ccccc1. The van der Waals surface area contributed by atoms with Crippen LogP contribution in [-0.2, 0) is 114 Å². The standard InChI is InChI=1S/2C18H24N2.C6N4.C6H6.2C3H2OS4.2Pt/c2*1-17(2,3)13-7-9-19-15(11-13)16-12-14(8-10-20-16)18(4,5)6;7-1-5(2-8)6(3-9)4-10;1-2-4-6-5-3-1;2*4-3-7-1(5)2(6)8-3;;/h2*7-12H,1-6H3;;1-6H;2*5-6H;;/q;;;;;;2*+2/p-4. The Kier molecular flexibility index (Phi) is 30.8. The number of hydrogen-bond donors (Lipinski definition) is 0. The Balaban J connectivity index is 0.000000912. The third-order valence-corrected chi connectivity index (χ3v) is 15.5. The molecule has 7 rings (SSSR count). The van der Waals surface area contributed by atoms with E-state index >= 15 is 0 Å². The zero-order chi connectivity index (χ0) is 54.5. The van der Waals surface area contributed by atoms with Gasteiger partial charge in [-0.1, -0.05) is 119 Å². The van der Waals surface area contributed by atoms with Crippen molar-refractivity contribution in [1.82, 2.24) is 19.9 Å². The summed E-state index contributed by atoms with van der Waals surface area (Å²) in [7, 11) is 0. The average Bonchev–Trinajstić information content (AvgIpc) is 3.81. The summed E-state index contributed by atoms with van der Waals surface area (Å²) in [6.45, 7) is 26.6. The number of benzene rings is 1. The second-order valence-corrected chi connectivity index (χ2v) is 26.2. The van der Waals surface area contributed by atoms with Gasteiger partial charge in [-0.3, -0.25) is 19.9 Å². The number of nitriles is 4. The first-order chi connectivity index (χ1) is 33.5. The second-order valence-electron chi connectivity index (χ2n) is 19.1. The van der Waals surface area contributed by atoms with Gasteiger partial charge in [0.15, 0.2) is 11.1 Å². The normalized spacial score (nSPS) is 10.2. The second kappa shape index (κ2) is 32.8. The molecule has 6 aromatic heterocycles. The van der Waals surface area contributed by atoms with Crippen molar-refractivity contribution in [1.29, 1.82) is 21.0 Å². The third kappa shape index (κ3) is 24.9. The van der Waals surface area contributed by atoms with E-state index in [2.05, 4.69) is 152 Å². The van der Waals surface area contributed by atoms with E-state index in [9.17, 15) is 9.59 Å². The van der Waals surface area contributed by atoms with Crippen LogP contribution in [0.4, 0.5) is 0 Å². The molecule has 0 atom stereocenters. The van der Waals surface area contributed by atoms with Gasteiger partial charge in [0.2, 0.25) is 0 Å². The van der Waals surface area contributed by atoms with Gasteiger partial charge in [0.25, 0.3) is 0 Å². The van der Waals surface area contributed by atoms with E-state index in [1.807, 2.05) is 61.2 Å². The van der Waals surface area contributed by atoms with E-state index in [0.29, 0.717) is 16.8 Å². The average molecular weight is 1490 g/mol. The van der Waals surface area contributed by atoms with Crippen molar-refractivity contribution in [3.05, 3.63) is 161 Å². The minimum absolute atomic E-state index is 0. The van der Waals surface area contributed by atoms with Gasteiger partial charge in [-0.2, -0.15) is 21.0 Å². The van der Waals surface area contributed by atoms with Crippen LogP contribution in [0.5, 0.6) is 0 Å². The summed E-state index contributed by atoms with van der Waals surface area (Å²) >= 11 is 23.0. The molecule has 74 heavy (non-hydrogen) atoms. The Labute approximate surface area is 503 Å². The predicted molar refractivity (Wildman–Crippen MR) is 305 cm³/mol. The summed E-state index contributed by atoms with van der Waals surface area (Å²) in [5, 5.41) is 32.5. The molecule has 0 saturated heterocycles. The molecule has 0 spiro atoms. The number of rotatable bonds is 2. The van der Waals surface area contributed by atoms with Crippen molar-refractivity contribution in [3.8, 4) is 47.1 Å². The number of hydrogen-bond acceptors (Lipinski definition) is 18. The molecule has 0 unspecified atom stereocenters. The van der Waals surface area contributed by atoms with Crippen molar-refractivity contribution >= 4 is 95.9 Å². The first-order valence-electron chi connectivity index (χ1n) is 21.7. The van der Waals surface area contributed by atoms with Crippen LogP contribution in [0.2, 0.25) is 0 Å². The Bertz CT molecular complexity index is 2780. The van der Waals surface area contributed by atoms with Gasteiger partial charge in [-0.25, -0.2) is 0 Å². The molecule has 0 N–H and O–H groups in total. The number of nitrogens with zero attached hydrogens (tertiary/aromatic N) is 8. The summed E-state index contributed by atoms with van der Waals surface area (Å²) in [6.07, 6.45) is 7.51. The molecule has 0 aliphatic rings. The molecule has 390 valence electrons. The third-order valence-electron chi connectivity index (χ3n) is 9.43. The quantitative estimate of drug-likeness (QED) is 0.118. The summed E-state index contributed by atoms with van der Waals surface area (Å²) in [4.78, 5) is 38.8. The predicted octanol–water partition coefficient (Wildman–Crippen LogP) is 13.5. The first-order valence-corrected chi connectivity index (χ1v) is 26.6. The fourth-order valence-corrected chi connectivity index (χ4v) is 10.1. The first kappa shape index (κ1) is 69.5. The number of pyridine rings is 4. The molecule has 0 aliphatic carbocycles. The summed E-state index contributed by atoms with van der Waals surface area (Å²) in [5.41, 5.74) is 8.54. The van der Waals surface area contributed by atoms with Crippen LogP contribution in [0.15, 0.2) is 147 Å². The maximum absolute atomic E-state index is 10.4. The molecular weight excluding hydrogens is 1440 g/mol. The Morgan fingerprint density at radius 3 is 0.689 bits per heavy atom. The topological polar surface area (TPSA) is 181 Å². The van der Waals surface area contributed by atoms with Crippen LogP contribution in [0.1, 0.15) is 105 Å². The fraction of sp³-hybridized carbons (Fsp3) is 0.296. The molecule has 20 heteroatoms. The zero-order valence-corrected chi connectivity index (χ0v) is 53.8. The molecular formula is C54H54N8O2Pt2S8. The minimum Gasteiger partial charge on any atom is -0.429 e.